The van der Waals surface area contributed by atoms with E-state index in [1.807, 2.05) is 85.4 Å². The smallest absolute Gasteiger partial charge is 0.283 e. The first-order chi connectivity index (χ1) is 12.6. The molecule has 0 unspecified atom stereocenters. The normalized spacial score (nSPS) is 11.5. The molecule has 0 aliphatic rings. The van der Waals surface area contributed by atoms with Crippen LogP contribution in [0, 0.1) is 6.92 Å². The molecule has 0 N–H and O–H groups in total. The first kappa shape index (κ1) is 16.0. The minimum absolute atomic E-state index is 0.145. The van der Waals surface area contributed by atoms with Gasteiger partial charge in [0, 0.05) is 12.4 Å². The summed E-state index contributed by atoms with van der Waals surface area (Å²) in [5, 5.41) is 1.08. The van der Waals surface area contributed by atoms with Crippen LogP contribution in [0.4, 0.5) is 5.69 Å². The number of benzene rings is 2. The molecule has 0 saturated carbocycles. The molecule has 2 aromatic carbocycles. The third kappa shape index (κ3) is 2.73. The lowest BCUT2D eigenvalue weighted by molar-refractivity contribution is 0.630. The fourth-order valence-electron chi connectivity index (χ4n) is 2.99. The summed E-state index contributed by atoms with van der Waals surface area (Å²) in [7, 11) is 1.86. The summed E-state index contributed by atoms with van der Waals surface area (Å²) in [6, 6.07) is 21.4. The number of para-hydroxylation sites is 2. The van der Waals surface area contributed by atoms with Crippen LogP contribution in [0.1, 0.15) is 11.4 Å². The van der Waals surface area contributed by atoms with Crippen LogP contribution >= 0.6 is 0 Å². The van der Waals surface area contributed by atoms with Crippen LogP contribution in [0.5, 0.6) is 0 Å². The van der Waals surface area contributed by atoms with Crippen LogP contribution in [0.3, 0.4) is 0 Å². The summed E-state index contributed by atoms with van der Waals surface area (Å²) >= 11 is 0. The molecule has 5 nitrogen and oxygen atoms in total. The first-order valence-electron chi connectivity index (χ1n) is 8.39. The Bertz CT molecular complexity index is 1170. The second-order valence-corrected chi connectivity index (χ2v) is 6.10. The van der Waals surface area contributed by atoms with Crippen molar-refractivity contribution < 1.29 is 0 Å². The summed E-state index contributed by atoms with van der Waals surface area (Å²) in [6.07, 6.45) is 1.64. The van der Waals surface area contributed by atoms with Gasteiger partial charge in [0.2, 0.25) is 0 Å². The third-order valence-corrected chi connectivity index (χ3v) is 4.47. The molecule has 4 aromatic rings. The van der Waals surface area contributed by atoms with E-state index in [-0.39, 0.29) is 5.56 Å². The van der Waals surface area contributed by atoms with Gasteiger partial charge in [0.25, 0.3) is 5.56 Å². The highest BCUT2D eigenvalue weighted by molar-refractivity contribution is 5.86. The molecular weight excluding hydrogens is 324 g/mol. The predicted octanol–water partition coefficient (Wildman–Crippen LogP) is 3.78. The number of hydrogen-bond acceptors (Lipinski definition) is 3. The van der Waals surface area contributed by atoms with Gasteiger partial charge in [-0.1, -0.05) is 42.5 Å². The van der Waals surface area contributed by atoms with Gasteiger partial charge in [-0.3, -0.25) is 9.48 Å². The highest BCUT2D eigenvalue weighted by atomic mass is 16.1. The lowest BCUT2D eigenvalue weighted by atomic mass is 10.2. The molecule has 0 bridgehead atoms. The van der Waals surface area contributed by atoms with Crippen LogP contribution in [0.2, 0.25) is 0 Å². The molecule has 0 atom stereocenters. The number of nitrogens with zero attached hydrogens (tertiary/aromatic N) is 4. The van der Waals surface area contributed by atoms with E-state index in [9.17, 15) is 4.79 Å². The summed E-state index contributed by atoms with van der Waals surface area (Å²) in [5.41, 5.74) is 3.52. The van der Waals surface area contributed by atoms with Crippen molar-refractivity contribution in [1.82, 2.24) is 14.3 Å². The van der Waals surface area contributed by atoms with Crippen LogP contribution in [-0.2, 0) is 7.05 Å². The van der Waals surface area contributed by atoms with E-state index in [4.69, 9.17) is 0 Å². The third-order valence-electron chi connectivity index (χ3n) is 4.47. The van der Waals surface area contributed by atoms with Gasteiger partial charge in [-0.05, 0) is 31.2 Å². The van der Waals surface area contributed by atoms with Crippen LogP contribution in [-0.4, -0.2) is 20.6 Å². The van der Waals surface area contributed by atoms with Crippen molar-refractivity contribution in [3.8, 4) is 5.69 Å². The summed E-state index contributed by atoms with van der Waals surface area (Å²) in [4.78, 5) is 21.9. The Labute approximate surface area is 150 Å². The van der Waals surface area contributed by atoms with Crippen molar-refractivity contribution in [2.24, 2.45) is 12.0 Å². The fraction of sp³-hybridized carbons (Fsp3) is 0.0952. The number of pyridine rings is 1. The van der Waals surface area contributed by atoms with Crippen LogP contribution in [0.15, 0.2) is 76.5 Å². The lowest BCUT2D eigenvalue weighted by Crippen LogP contribution is -2.19. The standard InChI is InChI=1S/C21H18N4O/c1-15-20(21(26)25(24(15)2)18-9-4-3-5-10-18)22-14-17-13-12-16-8-6-7-11-19(16)23-17/h3-14H,1-2H3. The average molecular weight is 342 g/mol. The zero-order valence-electron chi connectivity index (χ0n) is 14.6. The molecule has 0 fully saturated rings. The Balaban J connectivity index is 1.76. The second kappa shape index (κ2) is 6.44. The summed E-state index contributed by atoms with van der Waals surface area (Å²) in [5.74, 6) is 0. The molecule has 128 valence electrons. The Morgan fingerprint density at radius 1 is 0.962 bits per heavy atom. The zero-order chi connectivity index (χ0) is 18.1. The largest absolute Gasteiger partial charge is 0.297 e. The summed E-state index contributed by atoms with van der Waals surface area (Å²) in [6.45, 7) is 1.89. The maximum absolute atomic E-state index is 12.9. The van der Waals surface area contributed by atoms with Gasteiger partial charge in [0.05, 0.1) is 28.8 Å². The van der Waals surface area contributed by atoms with E-state index in [0.29, 0.717) is 5.69 Å². The van der Waals surface area contributed by atoms with Gasteiger partial charge >= 0.3 is 0 Å². The van der Waals surface area contributed by atoms with Crippen molar-refractivity contribution in [2.45, 2.75) is 6.92 Å². The van der Waals surface area contributed by atoms with Gasteiger partial charge in [-0.25, -0.2) is 14.7 Å². The van der Waals surface area contributed by atoms with Gasteiger partial charge in [-0.2, -0.15) is 0 Å². The van der Waals surface area contributed by atoms with E-state index in [1.165, 1.54) is 0 Å². The van der Waals surface area contributed by atoms with Crippen LogP contribution in [0.25, 0.3) is 16.6 Å². The molecular formula is C21H18N4O. The molecule has 5 heteroatoms. The van der Waals surface area contributed by atoms with Gasteiger partial charge < -0.3 is 0 Å². The van der Waals surface area contributed by atoms with Crippen molar-refractivity contribution in [1.29, 1.82) is 0 Å². The summed E-state index contributed by atoms with van der Waals surface area (Å²) < 4.78 is 3.44. The maximum atomic E-state index is 12.9. The van der Waals surface area contributed by atoms with E-state index < -0.39 is 0 Å². The maximum Gasteiger partial charge on any atom is 0.297 e. The van der Waals surface area contributed by atoms with E-state index >= 15 is 0 Å². The van der Waals surface area contributed by atoms with Crippen molar-refractivity contribution >= 4 is 22.8 Å². The fourth-order valence-corrected chi connectivity index (χ4v) is 2.99. The molecule has 2 aromatic heterocycles. The number of rotatable bonds is 3. The quantitative estimate of drug-likeness (QED) is 0.532. The number of aromatic nitrogens is 3. The number of fused-ring (bicyclic) bond motifs is 1. The predicted molar refractivity (Wildman–Crippen MR) is 105 cm³/mol. The number of aliphatic imine (C=N–C) groups is 1. The Hall–Kier alpha value is -3.47. The second-order valence-electron chi connectivity index (χ2n) is 6.10. The molecule has 0 amide bonds. The Morgan fingerprint density at radius 2 is 1.69 bits per heavy atom. The van der Waals surface area contributed by atoms with Crippen LogP contribution < -0.4 is 5.56 Å². The minimum atomic E-state index is -0.145. The molecule has 2 heterocycles. The van der Waals surface area contributed by atoms with Crippen molar-refractivity contribution in [3.05, 3.63) is 88.5 Å². The average Bonchev–Trinajstić information content (AvgIpc) is 2.89. The molecule has 0 aliphatic carbocycles. The number of hydrogen-bond donors (Lipinski definition) is 0. The van der Waals surface area contributed by atoms with E-state index in [1.54, 1.807) is 10.9 Å². The van der Waals surface area contributed by atoms with Gasteiger partial charge in [0.15, 0.2) is 5.69 Å². The molecule has 0 spiro atoms. The molecule has 26 heavy (non-hydrogen) atoms. The zero-order valence-corrected chi connectivity index (χ0v) is 14.6. The molecule has 4 rings (SSSR count). The van der Waals surface area contributed by atoms with Gasteiger partial charge in [0.1, 0.15) is 0 Å². The van der Waals surface area contributed by atoms with Gasteiger partial charge in [-0.15, -0.1) is 0 Å². The lowest BCUT2D eigenvalue weighted by Gasteiger charge is -2.07. The minimum Gasteiger partial charge on any atom is -0.283 e. The molecule has 0 radical (unpaired) electrons. The topological polar surface area (TPSA) is 52.2 Å². The molecule has 0 saturated heterocycles. The SMILES string of the molecule is Cc1c(N=Cc2ccc3ccccc3n2)c(=O)n(-c2ccccc2)n1C. The van der Waals surface area contributed by atoms with Crippen molar-refractivity contribution in [2.75, 3.05) is 0 Å². The highest BCUT2D eigenvalue weighted by Crippen LogP contribution is 2.17. The Kier molecular flexibility index (Phi) is 3.97. The van der Waals surface area contributed by atoms with E-state index in [0.717, 1.165) is 28.0 Å². The highest BCUT2D eigenvalue weighted by Gasteiger charge is 2.14. The Morgan fingerprint density at radius 3 is 2.50 bits per heavy atom. The van der Waals surface area contributed by atoms with E-state index in [2.05, 4.69) is 9.98 Å². The first-order valence-corrected chi connectivity index (χ1v) is 8.39. The monoisotopic (exact) mass is 342 g/mol. The van der Waals surface area contributed by atoms with Crippen molar-refractivity contribution in [3.63, 3.8) is 0 Å². The molecule has 0 aliphatic heterocycles.